The largest absolute Gasteiger partial charge is 0.493 e. The van der Waals surface area contributed by atoms with E-state index in [1.807, 2.05) is 64.7 Å². The first kappa shape index (κ1) is 33.3. The Hall–Kier alpha value is -6.56. The van der Waals surface area contributed by atoms with E-state index >= 15 is 0 Å². The molecule has 3 aromatic carbocycles. The summed E-state index contributed by atoms with van der Waals surface area (Å²) in [6.45, 7) is 1.26. The fourth-order valence-corrected chi connectivity index (χ4v) is 7.50. The molecule has 0 N–H and O–H groups in total. The van der Waals surface area contributed by atoms with Crippen molar-refractivity contribution in [1.29, 1.82) is 0 Å². The number of benzene rings is 3. The van der Waals surface area contributed by atoms with Crippen molar-refractivity contribution < 1.29 is 28.5 Å². The van der Waals surface area contributed by atoms with Crippen molar-refractivity contribution in [2.75, 3.05) is 14.2 Å². The minimum absolute atomic E-state index is 0.0925. The first-order chi connectivity index (χ1) is 26.4. The maximum atomic E-state index is 13.8. The van der Waals surface area contributed by atoms with E-state index in [1.54, 1.807) is 44.7 Å². The van der Waals surface area contributed by atoms with Crippen LogP contribution in [0.2, 0.25) is 0 Å². The number of hydrogen-bond acceptors (Lipinski definition) is 10. The number of aromatic nitrogens is 2. The Morgan fingerprint density at radius 3 is 1.80 bits per heavy atom. The molecule has 0 spiro atoms. The van der Waals surface area contributed by atoms with Gasteiger partial charge >= 0.3 is 0 Å². The van der Waals surface area contributed by atoms with E-state index in [0.717, 1.165) is 16.8 Å². The molecule has 0 saturated carbocycles. The second-order valence-electron chi connectivity index (χ2n) is 13.6. The molecule has 2 aromatic heterocycles. The number of carbonyl (C=O) groups excluding carboxylic acids is 2. The molecular weight excluding hydrogens is 684 g/mol. The van der Waals surface area contributed by atoms with Crippen LogP contribution >= 0.6 is 0 Å². The molecule has 270 valence electrons. The summed E-state index contributed by atoms with van der Waals surface area (Å²) in [4.78, 5) is 49.9. The molecule has 0 saturated heterocycles. The molecule has 1 unspecified atom stereocenters. The Morgan fingerprint density at radius 2 is 1.19 bits per heavy atom. The van der Waals surface area contributed by atoms with Crippen LogP contribution in [0.4, 0.5) is 11.4 Å². The second-order valence-corrected chi connectivity index (χ2v) is 13.6. The highest BCUT2D eigenvalue weighted by atomic mass is 16.5. The predicted octanol–water partition coefficient (Wildman–Crippen LogP) is 6.22. The zero-order valence-corrected chi connectivity index (χ0v) is 29.8. The lowest BCUT2D eigenvalue weighted by Gasteiger charge is -2.34. The fraction of sp³-hybridized carbons (Fsp3) is 0.238. The fourth-order valence-electron chi connectivity index (χ4n) is 7.50. The molecule has 0 bridgehead atoms. The van der Waals surface area contributed by atoms with Crippen molar-refractivity contribution in [3.05, 3.63) is 130 Å². The quantitative estimate of drug-likeness (QED) is 0.185. The van der Waals surface area contributed by atoms with Gasteiger partial charge in [-0.15, -0.1) is 0 Å². The molecule has 12 heteroatoms. The van der Waals surface area contributed by atoms with Crippen molar-refractivity contribution >= 4 is 35.6 Å². The molecular formula is C42H36N6O6. The third-order valence-corrected chi connectivity index (χ3v) is 10.3. The van der Waals surface area contributed by atoms with E-state index in [9.17, 15) is 9.59 Å². The molecule has 54 heavy (non-hydrogen) atoms. The summed E-state index contributed by atoms with van der Waals surface area (Å²) >= 11 is 0. The van der Waals surface area contributed by atoms with Crippen LogP contribution in [0.3, 0.4) is 0 Å². The van der Waals surface area contributed by atoms with Gasteiger partial charge in [0.15, 0.2) is 23.0 Å². The molecule has 9 rings (SSSR count). The molecule has 0 aliphatic carbocycles. The van der Waals surface area contributed by atoms with Gasteiger partial charge in [0, 0.05) is 56.0 Å². The standard InChI is InChI=1S/C42H36N6O6/c1-51-37-15-32-35(44-19-30-13-25-7-3-4-8-26(25)21-47(30)41(32)49)17-39(37)53-23-28-10-5-11-29(46-28)24-54-40-18-36-33(16-38(40)52-2)42(50)48-22-27-9-6-12-43-34(27)14-31(48)20-45-36/h3-12,15-20,30-31H,13-14,21-24H2,1-2H3/t30?,31-/m0/s1. The topological polar surface area (TPSA) is 128 Å². The van der Waals surface area contributed by atoms with Gasteiger partial charge in [-0.25, -0.2) is 0 Å². The zero-order chi connectivity index (χ0) is 36.8. The molecule has 4 aliphatic rings. The number of rotatable bonds is 8. The predicted molar refractivity (Wildman–Crippen MR) is 201 cm³/mol. The maximum Gasteiger partial charge on any atom is 0.257 e. The van der Waals surface area contributed by atoms with E-state index in [2.05, 4.69) is 17.1 Å². The van der Waals surface area contributed by atoms with Crippen molar-refractivity contribution in [3.8, 4) is 23.0 Å². The third-order valence-electron chi connectivity index (χ3n) is 10.3. The van der Waals surface area contributed by atoms with E-state index in [1.165, 1.54) is 5.56 Å². The summed E-state index contributed by atoms with van der Waals surface area (Å²) < 4.78 is 23.8. The number of hydrogen-bond donors (Lipinski definition) is 0. The molecule has 0 fully saturated rings. The highest BCUT2D eigenvalue weighted by Crippen LogP contribution is 2.40. The zero-order valence-electron chi connectivity index (χ0n) is 29.8. The van der Waals surface area contributed by atoms with Gasteiger partial charge in [-0.3, -0.25) is 29.5 Å². The molecule has 2 atom stereocenters. The highest BCUT2D eigenvalue weighted by molar-refractivity contribution is 6.04. The van der Waals surface area contributed by atoms with Gasteiger partial charge < -0.3 is 28.7 Å². The smallest absolute Gasteiger partial charge is 0.257 e. The second kappa shape index (κ2) is 13.8. The van der Waals surface area contributed by atoms with E-state index < -0.39 is 0 Å². The average molecular weight is 721 g/mol. The van der Waals surface area contributed by atoms with E-state index in [4.69, 9.17) is 33.9 Å². The molecule has 5 aromatic rings. The summed E-state index contributed by atoms with van der Waals surface area (Å²) in [6.07, 6.45) is 6.76. The van der Waals surface area contributed by atoms with Crippen LogP contribution < -0.4 is 18.9 Å². The van der Waals surface area contributed by atoms with Gasteiger partial charge in [-0.2, -0.15) is 0 Å². The summed E-state index contributed by atoms with van der Waals surface area (Å²) in [7, 11) is 3.09. The number of aliphatic imine (C=N–C) groups is 2. The van der Waals surface area contributed by atoms with Crippen molar-refractivity contribution in [2.45, 2.75) is 51.2 Å². The lowest BCUT2D eigenvalue weighted by molar-refractivity contribution is 0.0695. The summed E-state index contributed by atoms with van der Waals surface area (Å²) in [5.41, 5.74) is 7.69. The maximum absolute atomic E-state index is 13.8. The SMILES string of the molecule is COc1cc2c(cc1OCc1cccc(COc3cc4c(cc3OC)C(=O)N3Cc5cccnc5C[C@H]3C=N4)n1)N=CC1Cc3ccccc3CN1C2=O. The van der Waals surface area contributed by atoms with E-state index in [0.29, 0.717) is 82.8 Å². The van der Waals surface area contributed by atoms with Gasteiger partial charge in [0.2, 0.25) is 0 Å². The molecule has 2 amide bonds. The number of carbonyl (C=O) groups is 2. The molecule has 6 heterocycles. The number of nitrogens with zero attached hydrogens (tertiary/aromatic N) is 6. The monoisotopic (exact) mass is 720 g/mol. The number of amides is 2. The van der Waals surface area contributed by atoms with Crippen LogP contribution in [-0.4, -0.2) is 70.3 Å². The van der Waals surface area contributed by atoms with Crippen LogP contribution in [-0.2, 0) is 39.1 Å². The van der Waals surface area contributed by atoms with Crippen LogP contribution in [0.15, 0.2) is 95.0 Å². The lowest BCUT2D eigenvalue weighted by atomic mass is 9.94. The first-order valence-electron chi connectivity index (χ1n) is 17.8. The van der Waals surface area contributed by atoms with E-state index in [-0.39, 0.29) is 37.1 Å². The minimum Gasteiger partial charge on any atom is -0.493 e. The third kappa shape index (κ3) is 6.09. The first-order valence-corrected chi connectivity index (χ1v) is 17.8. The van der Waals surface area contributed by atoms with Gasteiger partial charge in [0.1, 0.15) is 13.2 Å². The summed E-state index contributed by atoms with van der Waals surface area (Å²) in [5, 5.41) is 0. The van der Waals surface area contributed by atoms with Crippen molar-refractivity contribution in [3.63, 3.8) is 0 Å². The van der Waals surface area contributed by atoms with Crippen LogP contribution in [0.5, 0.6) is 23.0 Å². The summed E-state index contributed by atoms with van der Waals surface area (Å²) in [6, 6.07) is 24.3. The number of ether oxygens (including phenoxy) is 4. The highest BCUT2D eigenvalue weighted by Gasteiger charge is 2.35. The van der Waals surface area contributed by atoms with Crippen LogP contribution in [0, 0.1) is 0 Å². The minimum atomic E-state index is -0.196. The summed E-state index contributed by atoms with van der Waals surface area (Å²) in [5.74, 6) is 1.54. The van der Waals surface area contributed by atoms with Crippen LogP contribution in [0.1, 0.15) is 54.5 Å². The van der Waals surface area contributed by atoms with Gasteiger partial charge in [0.05, 0.1) is 60.2 Å². The van der Waals surface area contributed by atoms with Gasteiger partial charge in [-0.1, -0.05) is 36.4 Å². The van der Waals surface area contributed by atoms with Gasteiger partial charge in [-0.05, 0) is 53.4 Å². The Bertz CT molecular complexity index is 2220. The van der Waals surface area contributed by atoms with Crippen molar-refractivity contribution in [1.82, 2.24) is 19.8 Å². The number of pyridine rings is 2. The lowest BCUT2D eigenvalue weighted by Crippen LogP contribution is -2.44. The molecule has 4 aliphatic heterocycles. The normalized spacial score (nSPS) is 17.9. The Balaban J connectivity index is 0.897. The Labute approximate surface area is 311 Å². The Morgan fingerprint density at radius 1 is 0.630 bits per heavy atom. The van der Waals surface area contributed by atoms with Crippen LogP contribution in [0.25, 0.3) is 0 Å². The molecule has 12 nitrogen and oxygen atoms in total. The Kier molecular flexibility index (Phi) is 8.49. The molecule has 0 radical (unpaired) electrons. The number of fused-ring (bicyclic) bond motifs is 6. The average Bonchev–Trinajstić information content (AvgIpc) is 3.42. The number of methoxy groups -OCH3 is 2. The van der Waals surface area contributed by atoms with Crippen molar-refractivity contribution in [2.24, 2.45) is 9.98 Å². The van der Waals surface area contributed by atoms with Gasteiger partial charge in [0.25, 0.3) is 11.8 Å².